The van der Waals surface area contributed by atoms with Gasteiger partial charge in [-0.2, -0.15) is 0 Å². The molecular weight excluding hydrogens is 246 g/mol. The number of H-pyrrole nitrogens is 1. The Kier molecular flexibility index (Phi) is 3.04. The molecule has 0 saturated carbocycles. The Hall–Kier alpha value is -1.79. The molecule has 18 heavy (non-hydrogen) atoms. The van der Waals surface area contributed by atoms with Gasteiger partial charge in [-0.15, -0.1) is 5.10 Å². The number of benzene rings is 1. The van der Waals surface area contributed by atoms with Crippen molar-refractivity contribution in [2.24, 2.45) is 0 Å². The van der Waals surface area contributed by atoms with Crippen LogP contribution in [0.15, 0.2) is 29.6 Å². The molecule has 0 amide bonds. The van der Waals surface area contributed by atoms with E-state index in [4.69, 9.17) is 0 Å². The van der Waals surface area contributed by atoms with Gasteiger partial charge in [-0.1, -0.05) is 16.6 Å². The predicted molar refractivity (Wildman–Crippen MR) is 71.3 cm³/mol. The highest BCUT2D eigenvalue weighted by atomic mass is 32.1. The van der Waals surface area contributed by atoms with E-state index in [9.17, 15) is 0 Å². The number of nitrogens with zero attached hydrogens (tertiary/aromatic N) is 3. The van der Waals surface area contributed by atoms with Gasteiger partial charge in [-0.05, 0) is 30.6 Å². The van der Waals surface area contributed by atoms with Gasteiger partial charge in [0.1, 0.15) is 5.82 Å². The lowest BCUT2D eigenvalue weighted by atomic mass is 10.3. The molecule has 0 aliphatic carbocycles. The maximum atomic E-state index is 4.56. The van der Waals surface area contributed by atoms with Gasteiger partial charge < -0.3 is 10.3 Å². The molecule has 0 spiro atoms. The summed E-state index contributed by atoms with van der Waals surface area (Å²) < 4.78 is 3.84. The first-order chi connectivity index (χ1) is 8.83. The Bertz CT molecular complexity index is 598. The van der Waals surface area contributed by atoms with E-state index in [1.165, 1.54) is 11.5 Å². The van der Waals surface area contributed by atoms with Crippen LogP contribution in [0.5, 0.6) is 0 Å². The third kappa shape index (κ3) is 2.25. The fourth-order valence-corrected chi connectivity index (χ4v) is 2.24. The Morgan fingerprint density at radius 3 is 3.06 bits per heavy atom. The van der Waals surface area contributed by atoms with Crippen LogP contribution >= 0.6 is 11.5 Å². The molecular formula is C12H13N5S. The topological polar surface area (TPSA) is 66.5 Å². The second kappa shape index (κ2) is 4.83. The first kappa shape index (κ1) is 11.3. The molecule has 92 valence electrons. The number of rotatable bonds is 4. The zero-order chi connectivity index (χ0) is 12.4. The lowest BCUT2D eigenvalue weighted by Crippen LogP contribution is -2.19. The van der Waals surface area contributed by atoms with E-state index >= 15 is 0 Å². The first-order valence-electron chi connectivity index (χ1n) is 5.77. The summed E-state index contributed by atoms with van der Waals surface area (Å²) in [6, 6.07) is 8.18. The standard InChI is InChI=1S/C12H13N5S/c1-8(13-6-9-7-18-17-16-9)12-14-10-4-2-3-5-11(10)15-12/h2-5,7-8,13H,6H2,1H3,(H,14,15). The molecule has 0 saturated heterocycles. The van der Waals surface area contributed by atoms with Gasteiger partial charge >= 0.3 is 0 Å². The highest BCUT2D eigenvalue weighted by Crippen LogP contribution is 2.15. The van der Waals surface area contributed by atoms with Crippen molar-refractivity contribution in [2.45, 2.75) is 19.5 Å². The zero-order valence-electron chi connectivity index (χ0n) is 9.92. The van der Waals surface area contributed by atoms with Gasteiger partial charge in [0, 0.05) is 11.9 Å². The maximum absolute atomic E-state index is 4.56. The van der Waals surface area contributed by atoms with Crippen LogP contribution in [0, 0.1) is 0 Å². The number of aromatic amines is 1. The van der Waals surface area contributed by atoms with Crippen molar-refractivity contribution in [1.82, 2.24) is 24.9 Å². The average molecular weight is 259 g/mol. The molecule has 1 atom stereocenters. The molecule has 2 aromatic heterocycles. The minimum atomic E-state index is 0.152. The van der Waals surface area contributed by atoms with Gasteiger partial charge in [-0.25, -0.2) is 4.98 Å². The van der Waals surface area contributed by atoms with Crippen LogP contribution in [-0.4, -0.2) is 19.6 Å². The van der Waals surface area contributed by atoms with E-state index in [0.717, 1.165) is 22.6 Å². The van der Waals surface area contributed by atoms with Gasteiger partial charge in [0.2, 0.25) is 0 Å². The molecule has 2 N–H and O–H groups in total. The Morgan fingerprint density at radius 1 is 1.39 bits per heavy atom. The van der Waals surface area contributed by atoms with Crippen molar-refractivity contribution in [3.63, 3.8) is 0 Å². The molecule has 1 aromatic carbocycles. The van der Waals surface area contributed by atoms with Crippen molar-refractivity contribution in [3.05, 3.63) is 41.2 Å². The van der Waals surface area contributed by atoms with E-state index in [0.29, 0.717) is 6.54 Å². The summed E-state index contributed by atoms with van der Waals surface area (Å²) >= 11 is 1.37. The first-order valence-corrected chi connectivity index (χ1v) is 6.60. The number of nitrogens with one attached hydrogen (secondary N) is 2. The lowest BCUT2D eigenvalue weighted by Gasteiger charge is -2.09. The minimum absolute atomic E-state index is 0.152. The summed E-state index contributed by atoms with van der Waals surface area (Å²) in [5, 5.41) is 9.32. The molecule has 3 aromatic rings. The van der Waals surface area contributed by atoms with E-state index < -0.39 is 0 Å². The number of hydrogen-bond acceptors (Lipinski definition) is 5. The Morgan fingerprint density at radius 2 is 2.28 bits per heavy atom. The van der Waals surface area contributed by atoms with Crippen LogP contribution in [0.1, 0.15) is 24.5 Å². The lowest BCUT2D eigenvalue weighted by molar-refractivity contribution is 0.546. The van der Waals surface area contributed by atoms with Crippen LogP contribution in [0.2, 0.25) is 0 Å². The molecule has 3 rings (SSSR count). The van der Waals surface area contributed by atoms with Crippen molar-refractivity contribution in [1.29, 1.82) is 0 Å². The van der Waals surface area contributed by atoms with Crippen LogP contribution in [-0.2, 0) is 6.54 Å². The molecule has 0 aliphatic rings. The SMILES string of the molecule is CC(NCc1csnn1)c1nc2ccccc2[nH]1. The van der Waals surface area contributed by atoms with Gasteiger partial charge in [-0.3, -0.25) is 0 Å². The number of aromatic nitrogens is 4. The molecule has 0 radical (unpaired) electrons. The van der Waals surface area contributed by atoms with Crippen molar-refractivity contribution in [2.75, 3.05) is 0 Å². The van der Waals surface area contributed by atoms with Crippen LogP contribution < -0.4 is 5.32 Å². The van der Waals surface area contributed by atoms with E-state index in [1.807, 2.05) is 29.6 Å². The summed E-state index contributed by atoms with van der Waals surface area (Å²) in [6.45, 7) is 2.78. The molecule has 5 nitrogen and oxygen atoms in total. The largest absolute Gasteiger partial charge is 0.341 e. The highest BCUT2D eigenvalue weighted by molar-refractivity contribution is 7.03. The quantitative estimate of drug-likeness (QED) is 0.754. The van der Waals surface area contributed by atoms with Crippen molar-refractivity contribution < 1.29 is 0 Å². The van der Waals surface area contributed by atoms with E-state index in [-0.39, 0.29) is 6.04 Å². The van der Waals surface area contributed by atoms with Crippen molar-refractivity contribution >= 4 is 22.6 Å². The number of para-hydroxylation sites is 2. The summed E-state index contributed by atoms with van der Waals surface area (Å²) in [4.78, 5) is 7.88. The highest BCUT2D eigenvalue weighted by Gasteiger charge is 2.10. The third-order valence-electron chi connectivity index (χ3n) is 2.81. The van der Waals surface area contributed by atoms with Gasteiger partial charge in [0.25, 0.3) is 0 Å². The summed E-state index contributed by atoms with van der Waals surface area (Å²) in [7, 11) is 0. The summed E-state index contributed by atoms with van der Waals surface area (Å²) in [5.41, 5.74) is 3.02. The molecule has 2 heterocycles. The molecule has 0 fully saturated rings. The summed E-state index contributed by atoms with van der Waals surface area (Å²) in [6.07, 6.45) is 0. The average Bonchev–Trinajstić information content (AvgIpc) is 3.04. The molecule has 6 heteroatoms. The van der Waals surface area contributed by atoms with Crippen LogP contribution in [0.4, 0.5) is 0 Å². The van der Waals surface area contributed by atoms with Crippen molar-refractivity contribution in [3.8, 4) is 0 Å². The molecule has 0 bridgehead atoms. The number of hydrogen-bond donors (Lipinski definition) is 2. The van der Waals surface area contributed by atoms with Crippen LogP contribution in [0.25, 0.3) is 11.0 Å². The second-order valence-electron chi connectivity index (χ2n) is 4.14. The maximum Gasteiger partial charge on any atom is 0.124 e. The number of fused-ring (bicyclic) bond motifs is 1. The molecule has 0 aliphatic heterocycles. The van der Waals surface area contributed by atoms with Crippen LogP contribution in [0.3, 0.4) is 0 Å². The smallest absolute Gasteiger partial charge is 0.124 e. The normalized spacial score (nSPS) is 12.9. The predicted octanol–water partition coefficient (Wildman–Crippen LogP) is 2.27. The fraction of sp³-hybridized carbons (Fsp3) is 0.250. The Labute approximate surface area is 108 Å². The monoisotopic (exact) mass is 259 g/mol. The Balaban J connectivity index is 1.73. The number of imidazole rings is 1. The fourth-order valence-electron chi connectivity index (χ4n) is 1.79. The second-order valence-corrected chi connectivity index (χ2v) is 4.75. The van der Waals surface area contributed by atoms with E-state index in [1.54, 1.807) is 0 Å². The van der Waals surface area contributed by atoms with Gasteiger partial charge in [0.05, 0.1) is 22.8 Å². The zero-order valence-corrected chi connectivity index (χ0v) is 10.7. The van der Waals surface area contributed by atoms with E-state index in [2.05, 4.69) is 31.8 Å². The molecule has 1 unspecified atom stereocenters. The minimum Gasteiger partial charge on any atom is -0.341 e. The van der Waals surface area contributed by atoms with Gasteiger partial charge in [0.15, 0.2) is 0 Å². The summed E-state index contributed by atoms with van der Waals surface area (Å²) in [5.74, 6) is 0.944. The third-order valence-corrected chi connectivity index (χ3v) is 3.37.